The molecule has 6 heteroatoms. The summed E-state index contributed by atoms with van der Waals surface area (Å²) in [6, 6.07) is 11.9. The highest BCUT2D eigenvalue weighted by molar-refractivity contribution is 5.99. The normalized spacial score (nSPS) is 14.8. The maximum Gasteiger partial charge on any atom is 0.250 e. The van der Waals surface area contributed by atoms with Crippen molar-refractivity contribution in [2.24, 2.45) is 5.73 Å². The summed E-state index contributed by atoms with van der Waals surface area (Å²) in [7, 11) is 0. The number of anilines is 3. The molecule has 120 valence electrons. The fraction of sp³-hybridized carbons (Fsp3) is 0.235. The number of rotatable bonds is 3. The van der Waals surface area contributed by atoms with Crippen molar-refractivity contribution in [1.82, 2.24) is 0 Å². The largest absolute Gasteiger partial charge is 0.399 e. The van der Waals surface area contributed by atoms with Crippen LogP contribution in [0.4, 0.5) is 21.5 Å². The highest BCUT2D eigenvalue weighted by atomic mass is 19.1. The molecule has 23 heavy (non-hydrogen) atoms. The Balaban J connectivity index is 1.77. The number of primary amides is 1. The van der Waals surface area contributed by atoms with Gasteiger partial charge in [0.25, 0.3) is 5.91 Å². The number of amides is 1. The summed E-state index contributed by atoms with van der Waals surface area (Å²) in [5.41, 5.74) is 13.5. The third-order valence-corrected chi connectivity index (χ3v) is 4.10. The van der Waals surface area contributed by atoms with E-state index in [1.807, 2.05) is 17.0 Å². The molecule has 0 radical (unpaired) electrons. The molecule has 2 aromatic rings. The maximum atomic E-state index is 13.9. The number of para-hydroxylation sites is 1. The Labute approximate surface area is 134 Å². The highest BCUT2D eigenvalue weighted by Gasteiger charge is 2.22. The molecule has 0 atom stereocenters. The molecule has 4 N–H and O–H groups in total. The maximum absolute atomic E-state index is 13.9. The Morgan fingerprint density at radius 2 is 1.57 bits per heavy atom. The van der Waals surface area contributed by atoms with E-state index in [1.54, 1.807) is 24.3 Å². The molecule has 0 spiro atoms. The van der Waals surface area contributed by atoms with Gasteiger partial charge in [0.05, 0.1) is 11.3 Å². The summed E-state index contributed by atoms with van der Waals surface area (Å²) in [6.07, 6.45) is 0. The lowest BCUT2D eigenvalue weighted by Crippen LogP contribution is -2.47. The van der Waals surface area contributed by atoms with E-state index in [2.05, 4.69) is 4.90 Å². The Morgan fingerprint density at radius 1 is 0.957 bits per heavy atom. The lowest BCUT2D eigenvalue weighted by atomic mass is 10.1. The van der Waals surface area contributed by atoms with Crippen LogP contribution < -0.4 is 21.3 Å². The van der Waals surface area contributed by atoms with Crippen LogP contribution in [0, 0.1) is 5.82 Å². The van der Waals surface area contributed by atoms with Gasteiger partial charge in [-0.05, 0) is 30.3 Å². The van der Waals surface area contributed by atoms with Crippen LogP contribution in [0.2, 0.25) is 0 Å². The van der Waals surface area contributed by atoms with Gasteiger partial charge in [0.15, 0.2) is 0 Å². The van der Waals surface area contributed by atoms with Crippen molar-refractivity contribution in [3.8, 4) is 0 Å². The Hall–Kier alpha value is -2.76. The molecule has 0 aromatic heterocycles. The molecule has 0 saturated carbocycles. The summed E-state index contributed by atoms with van der Waals surface area (Å²) in [6.45, 7) is 2.70. The second-order valence-corrected chi connectivity index (χ2v) is 5.57. The van der Waals surface area contributed by atoms with Crippen LogP contribution in [0.15, 0.2) is 42.5 Å². The van der Waals surface area contributed by atoms with Crippen molar-refractivity contribution < 1.29 is 9.18 Å². The molecule has 1 heterocycles. The van der Waals surface area contributed by atoms with Crippen LogP contribution in [0.25, 0.3) is 0 Å². The van der Waals surface area contributed by atoms with Crippen molar-refractivity contribution in [1.29, 1.82) is 0 Å². The van der Waals surface area contributed by atoms with Gasteiger partial charge in [0.2, 0.25) is 0 Å². The van der Waals surface area contributed by atoms with Crippen LogP contribution in [0.3, 0.4) is 0 Å². The van der Waals surface area contributed by atoms with E-state index in [0.29, 0.717) is 43.1 Å². The number of carbonyl (C=O) groups excluding carboxylic acids is 1. The van der Waals surface area contributed by atoms with E-state index in [9.17, 15) is 9.18 Å². The number of nitrogens with two attached hydrogens (primary N) is 2. The second kappa shape index (κ2) is 6.16. The first-order chi connectivity index (χ1) is 11.1. The molecule has 3 rings (SSSR count). The molecule has 1 aliphatic rings. The number of piperazine rings is 1. The third kappa shape index (κ3) is 3.06. The van der Waals surface area contributed by atoms with Crippen molar-refractivity contribution in [2.75, 3.05) is 41.7 Å². The topological polar surface area (TPSA) is 75.6 Å². The first-order valence-electron chi connectivity index (χ1n) is 7.50. The number of hydrogen-bond acceptors (Lipinski definition) is 4. The van der Waals surface area contributed by atoms with E-state index >= 15 is 0 Å². The minimum absolute atomic E-state index is 0.216. The summed E-state index contributed by atoms with van der Waals surface area (Å²) >= 11 is 0. The number of carbonyl (C=O) groups is 1. The standard InChI is InChI=1S/C17H19FN4O/c18-14-3-1-2-4-16(14)22-9-7-21(8-10-22)15-6-5-12(19)11-13(15)17(20)23/h1-6,11H,7-10,19H2,(H2,20,23). The zero-order valence-corrected chi connectivity index (χ0v) is 12.7. The number of halogens is 1. The summed E-state index contributed by atoms with van der Waals surface area (Å²) in [5.74, 6) is -0.713. The first kappa shape index (κ1) is 15.1. The zero-order chi connectivity index (χ0) is 16.4. The smallest absolute Gasteiger partial charge is 0.250 e. The number of nitrogen functional groups attached to an aromatic ring is 1. The van der Waals surface area contributed by atoms with Gasteiger partial charge >= 0.3 is 0 Å². The third-order valence-electron chi connectivity index (χ3n) is 4.10. The molecule has 1 aliphatic heterocycles. The predicted octanol–water partition coefficient (Wildman–Crippen LogP) is 1.83. The molecule has 1 saturated heterocycles. The molecular weight excluding hydrogens is 295 g/mol. The van der Waals surface area contributed by atoms with Gasteiger partial charge < -0.3 is 21.3 Å². The van der Waals surface area contributed by atoms with Crippen molar-refractivity contribution in [2.45, 2.75) is 0 Å². The van der Waals surface area contributed by atoms with Crippen LogP contribution in [0.5, 0.6) is 0 Å². The second-order valence-electron chi connectivity index (χ2n) is 5.57. The van der Waals surface area contributed by atoms with E-state index in [-0.39, 0.29) is 5.82 Å². The van der Waals surface area contributed by atoms with Gasteiger partial charge in [-0.1, -0.05) is 12.1 Å². The first-order valence-corrected chi connectivity index (χ1v) is 7.50. The van der Waals surface area contributed by atoms with Crippen LogP contribution >= 0.6 is 0 Å². The molecule has 1 amide bonds. The molecule has 0 bridgehead atoms. The van der Waals surface area contributed by atoms with E-state index in [1.165, 1.54) is 6.07 Å². The van der Waals surface area contributed by atoms with Crippen LogP contribution in [0.1, 0.15) is 10.4 Å². The Bertz CT molecular complexity index is 726. The Kier molecular flexibility index (Phi) is 4.06. The predicted molar refractivity (Wildman–Crippen MR) is 90.2 cm³/mol. The van der Waals surface area contributed by atoms with E-state index < -0.39 is 5.91 Å². The minimum atomic E-state index is -0.496. The average Bonchev–Trinajstić information content (AvgIpc) is 2.55. The summed E-state index contributed by atoms with van der Waals surface area (Å²) in [5, 5.41) is 0. The minimum Gasteiger partial charge on any atom is -0.399 e. The molecule has 1 fully saturated rings. The van der Waals surface area contributed by atoms with Crippen molar-refractivity contribution >= 4 is 23.0 Å². The van der Waals surface area contributed by atoms with Gasteiger partial charge in [-0.25, -0.2) is 4.39 Å². The lowest BCUT2D eigenvalue weighted by Gasteiger charge is -2.38. The molecular formula is C17H19FN4O. The number of benzene rings is 2. The van der Waals surface area contributed by atoms with Gasteiger partial charge in [0.1, 0.15) is 5.82 Å². The zero-order valence-electron chi connectivity index (χ0n) is 12.7. The van der Waals surface area contributed by atoms with Crippen LogP contribution in [-0.2, 0) is 0 Å². The van der Waals surface area contributed by atoms with Gasteiger partial charge in [-0.3, -0.25) is 4.79 Å². The monoisotopic (exact) mass is 314 g/mol. The molecule has 2 aromatic carbocycles. The van der Waals surface area contributed by atoms with Crippen molar-refractivity contribution in [3.05, 3.63) is 53.8 Å². The van der Waals surface area contributed by atoms with E-state index in [4.69, 9.17) is 11.5 Å². The van der Waals surface area contributed by atoms with E-state index in [0.717, 1.165) is 5.69 Å². The van der Waals surface area contributed by atoms with Gasteiger partial charge in [-0.2, -0.15) is 0 Å². The number of nitrogens with zero attached hydrogens (tertiary/aromatic N) is 2. The van der Waals surface area contributed by atoms with Crippen molar-refractivity contribution in [3.63, 3.8) is 0 Å². The quantitative estimate of drug-likeness (QED) is 0.848. The lowest BCUT2D eigenvalue weighted by molar-refractivity contribution is 0.100. The van der Waals surface area contributed by atoms with Gasteiger partial charge in [-0.15, -0.1) is 0 Å². The van der Waals surface area contributed by atoms with Gasteiger partial charge in [0, 0.05) is 37.6 Å². The highest BCUT2D eigenvalue weighted by Crippen LogP contribution is 2.26. The summed E-state index contributed by atoms with van der Waals surface area (Å²) in [4.78, 5) is 15.7. The summed E-state index contributed by atoms with van der Waals surface area (Å²) < 4.78 is 13.9. The number of hydrogen-bond donors (Lipinski definition) is 2. The SMILES string of the molecule is NC(=O)c1cc(N)ccc1N1CCN(c2ccccc2F)CC1. The molecule has 0 unspecified atom stereocenters. The molecule has 0 aliphatic carbocycles. The average molecular weight is 314 g/mol. The fourth-order valence-electron chi connectivity index (χ4n) is 2.92. The molecule has 5 nitrogen and oxygen atoms in total. The van der Waals surface area contributed by atoms with Crippen LogP contribution in [-0.4, -0.2) is 32.1 Å². The fourth-order valence-corrected chi connectivity index (χ4v) is 2.92. The Morgan fingerprint density at radius 3 is 2.17 bits per heavy atom.